The van der Waals surface area contributed by atoms with Gasteiger partial charge in [-0.15, -0.1) is 0 Å². The minimum Gasteiger partial charge on any atom is -0.459 e. The molecule has 242 valence electrons. The van der Waals surface area contributed by atoms with E-state index in [1.807, 2.05) is 30.3 Å². The molecular formula is C37H38N4O6. The fraction of sp³-hybridized carbons (Fsp3) is 0.270. The Labute approximate surface area is 274 Å². The van der Waals surface area contributed by atoms with Crippen LogP contribution in [0.1, 0.15) is 50.4 Å². The summed E-state index contributed by atoms with van der Waals surface area (Å²) in [7, 11) is 0. The Morgan fingerprint density at radius 3 is 2.28 bits per heavy atom. The summed E-state index contributed by atoms with van der Waals surface area (Å²) in [6.45, 7) is 8.32. The second kappa shape index (κ2) is 14.8. The van der Waals surface area contributed by atoms with Gasteiger partial charge in [0.2, 0.25) is 0 Å². The standard InChI is InChI=1S/C37H38N4O6/c1-25(2)47-36(42)34-26(3)38-27(4)40(35(34)32-16-10-11-17-33(32)41(44)45)37(43)46-21-20-39(23-28-12-6-5-7-13-28)24-29-18-19-30-14-8-9-15-31(30)22-29/h5-19,22,25,35H,20-21,23-24H2,1-4H3. The van der Waals surface area contributed by atoms with Crippen molar-refractivity contribution in [3.05, 3.63) is 135 Å². The number of carbonyl (C=O) groups excluding carboxylic acids is 2. The summed E-state index contributed by atoms with van der Waals surface area (Å²) in [6, 6.07) is 29.5. The Balaban J connectivity index is 1.40. The number of nitro benzene ring substituents is 1. The number of benzene rings is 4. The van der Waals surface area contributed by atoms with E-state index in [-0.39, 0.29) is 29.3 Å². The zero-order valence-electron chi connectivity index (χ0n) is 27.0. The van der Waals surface area contributed by atoms with Crippen LogP contribution in [0.5, 0.6) is 0 Å². The lowest BCUT2D eigenvalue weighted by Gasteiger charge is -2.35. The van der Waals surface area contributed by atoms with Crippen molar-refractivity contribution in [1.82, 2.24) is 9.80 Å². The molecule has 10 nitrogen and oxygen atoms in total. The average molecular weight is 635 g/mol. The first-order chi connectivity index (χ1) is 22.6. The quantitative estimate of drug-likeness (QED) is 0.0949. The Hall–Kier alpha value is -5.35. The number of amides is 1. The largest absolute Gasteiger partial charge is 0.459 e. The van der Waals surface area contributed by atoms with Crippen molar-refractivity contribution in [2.75, 3.05) is 13.2 Å². The highest BCUT2D eigenvalue weighted by molar-refractivity contribution is 6.01. The smallest absolute Gasteiger partial charge is 0.416 e. The number of carbonyl (C=O) groups is 2. The SMILES string of the molecule is CC1=NC(C)=C(C(=O)OC(C)C)C(c2ccccc2[N+](=O)[O-])N1C(=O)OCCN(Cc1ccccc1)Cc1ccc2ccccc2c1. The van der Waals surface area contributed by atoms with Crippen molar-refractivity contribution < 1.29 is 24.0 Å². The number of para-hydroxylation sites is 1. The maximum absolute atomic E-state index is 13.9. The molecule has 0 saturated heterocycles. The third-order valence-electron chi connectivity index (χ3n) is 7.89. The van der Waals surface area contributed by atoms with E-state index in [2.05, 4.69) is 52.4 Å². The van der Waals surface area contributed by atoms with Crippen LogP contribution in [-0.2, 0) is 27.4 Å². The first-order valence-electron chi connectivity index (χ1n) is 15.5. The van der Waals surface area contributed by atoms with E-state index >= 15 is 0 Å². The molecule has 0 N–H and O–H groups in total. The molecule has 0 aliphatic carbocycles. The number of esters is 1. The molecule has 1 heterocycles. The van der Waals surface area contributed by atoms with Crippen LogP contribution in [0.2, 0.25) is 0 Å². The second-order valence-electron chi connectivity index (χ2n) is 11.7. The number of rotatable bonds is 11. The zero-order valence-corrected chi connectivity index (χ0v) is 27.0. The monoisotopic (exact) mass is 634 g/mol. The van der Waals surface area contributed by atoms with E-state index < -0.39 is 29.1 Å². The Morgan fingerprint density at radius 1 is 0.894 bits per heavy atom. The third-order valence-corrected chi connectivity index (χ3v) is 7.89. The number of allylic oxidation sites excluding steroid dienone is 1. The van der Waals surface area contributed by atoms with Gasteiger partial charge in [-0.05, 0) is 61.7 Å². The van der Waals surface area contributed by atoms with Gasteiger partial charge in [0.25, 0.3) is 5.69 Å². The molecule has 1 atom stereocenters. The first-order valence-corrected chi connectivity index (χ1v) is 15.5. The van der Waals surface area contributed by atoms with Crippen LogP contribution in [0, 0.1) is 10.1 Å². The lowest BCUT2D eigenvalue weighted by molar-refractivity contribution is -0.385. The molecule has 5 rings (SSSR count). The molecule has 47 heavy (non-hydrogen) atoms. The number of hydrogen-bond donors (Lipinski definition) is 0. The van der Waals surface area contributed by atoms with Gasteiger partial charge in [-0.25, -0.2) is 14.6 Å². The Bertz CT molecular complexity index is 1840. The van der Waals surface area contributed by atoms with Crippen LogP contribution < -0.4 is 0 Å². The maximum atomic E-state index is 13.9. The molecule has 1 amide bonds. The average Bonchev–Trinajstić information content (AvgIpc) is 3.04. The number of aliphatic imine (C=N–C) groups is 1. The number of nitro groups is 1. The molecule has 0 fully saturated rings. The molecule has 0 spiro atoms. The van der Waals surface area contributed by atoms with Gasteiger partial charge in [-0.3, -0.25) is 19.9 Å². The van der Waals surface area contributed by atoms with Crippen molar-refractivity contribution in [1.29, 1.82) is 0 Å². The van der Waals surface area contributed by atoms with Crippen LogP contribution in [0.25, 0.3) is 10.8 Å². The summed E-state index contributed by atoms with van der Waals surface area (Å²) in [5.41, 5.74) is 2.50. The minimum atomic E-state index is -1.18. The van der Waals surface area contributed by atoms with E-state index in [0.29, 0.717) is 25.3 Å². The zero-order chi connectivity index (χ0) is 33.5. The summed E-state index contributed by atoms with van der Waals surface area (Å²) >= 11 is 0. The van der Waals surface area contributed by atoms with E-state index in [1.165, 1.54) is 23.1 Å². The lowest BCUT2D eigenvalue weighted by atomic mass is 9.92. The van der Waals surface area contributed by atoms with Gasteiger partial charge in [0.1, 0.15) is 18.5 Å². The Kier molecular flexibility index (Phi) is 10.4. The van der Waals surface area contributed by atoms with Crippen molar-refractivity contribution in [3.8, 4) is 0 Å². The highest BCUT2D eigenvalue weighted by atomic mass is 16.6. The number of ether oxygens (including phenoxy) is 2. The number of nitrogens with zero attached hydrogens (tertiary/aromatic N) is 4. The summed E-state index contributed by atoms with van der Waals surface area (Å²) in [5, 5.41) is 14.4. The predicted octanol–water partition coefficient (Wildman–Crippen LogP) is 7.59. The summed E-state index contributed by atoms with van der Waals surface area (Å²) < 4.78 is 11.4. The molecule has 0 bridgehead atoms. The summed E-state index contributed by atoms with van der Waals surface area (Å²) in [6.07, 6.45) is -1.23. The first kappa shape index (κ1) is 33.0. The molecule has 10 heteroatoms. The highest BCUT2D eigenvalue weighted by Crippen LogP contribution is 2.40. The molecule has 0 radical (unpaired) electrons. The topological polar surface area (TPSA) is 115 Å². The second-order valence-corrected chi connectivity index (χ2v) is 11.7. The van der Waals surface area contributed by atoms with E-state index in [1.54, 1.807) is 33.8 Å². The number of fused-ring (bicyclic) bond motifs is 1. The fourth-order valence-electron chi connectivity index (χ4n) is 5.81. The van der Waals surface area contributed by atoms with Crippen LogP contribution >= 0.6 is 0 Å². The lowest BCUT2D eigenvalue weighted by Crippen LogP contribution is -2.44. The molecule has 0 saturated carbocycles. The maximum Gasteiger partial charge on any atom is 0.416 e. The highest BCUT2D eigenvalue weighted by Gasteiger charge is 2.42. The molecule has 1 aliphatic rings. The third kappa shape index (κ3) is 7.90. The van der Waals surface area contributed by atoms with Gasteiger partial charge in [-0.2, -0.15) is 0 Å². The van der Waals surface area contributed by atoms with Crippen LogP contribution in [0.4, 0.5) is 10.5 Å². The molecule has 4 aromatic carbocycles. The summed E-state index contributed by atoms with van der Waals surface area (Å²) in [5.74, 6) is -0.465. The van der Waals surface area contributed by atoms with Crippen LogP contribution in [0.3, 0.4) is 0 Å². The van der Waals surface area contributed by atoms with E-state index in [0.717, 1.165) is 21.9 Å². The van der Waals surface area contributed by atoms with E-state index in [4.69, 9.17) is 9.47 Å². The van der Waals surface area contributed by atoms with Gasteiger partial charge < -0.3 is 9.47 Å². The van der Waals surface area contributed by atoms with Gasteiger partial charge in [-0.1, -0.05) is 78.9 Å². The van der Waals surface area contributed by atoms with Gasteiger partial charge in [0, 0.05) is 25.7 Å². The fourth-order valence-corrected chi connectivity index (χ4v) is 5.81. The van der Waals surface area contributed by atoms with Gasteiger partial charge >= 0.3 is 12.1 Å². The van der Waals surface area contributed by atoms with Crippen molar-refractivity contribution in [2.45, 2.75) is 52.9 Å². The molecule has 1 aliphatic heterocycles. The molecular weight excluding hydrogens is 596 g/mol. The molecule has 4 aromatic rings. The Morgan fingerprint density at radius 2 is 1.55 bits per heavy atom. The van der Waals surface area contributed by atoms with Crippen molar-refractivity contribution in [3.63, 3.8) is 0 Å². The van der Waals surface area contributed by atoms with Gasteiger partial charge in [0.05, 0.1) is 27.9 Å². The molecule has 1 unspecified atom stereocenters. The summed E-state index contributed by atoms with van der Waals surface area (Å²) in [4.78, 5) is 46.7. The normalized spacial score (nSPS) is 14.8. The van der Waals surface area contributed by atoms with Crippen LogP contribution in [-0.4, -0.2) is 51.9 Å². The predicted molar refractivity (Wildman–Crippen MR) is 181 cm³/mol. The van der Waals surface area contributed by atoms with Crippen LogP contribution in [0.15, 0.2) is 113 Å². The van der Waals surface area contributed by atoms with Crippen molar-refractivity contribution >= 4 is 34.4 Å². The molecule has 0 aromatic heterocycles. The van der Waals surface area contributed by atoms with Crippen molar-refractivity contribution in [2.24, 2.45) is 4.99 Å². The van der Waals surface area contributed by atoms with E-state index in [9.17, 15) is 19.7 Å². The minimum absolute atomic E-state index is 0.0289. The number of amidine groups is 1. The van der Waals surface area contributed by atoms with Gasteiger partial charge in [0.15, 0.2) is 0 Å². The number of hydrogen-bond acceptors (Lipinski definition) is 8.